The Bertz CT molecular complexity index is 946. The number of thiocarbonyl (C=S) groups is 1. The van der Waals surface area contributed by atoms with Gasteiger partial charge in [-0.3, -0.25) is 0 Å². The zero-order valence-corrected chi connectivity index (χ0v) is 15.6. The Balaban J connectivity index is 1.84. The number of anilines is 3. The maximum Gasteiger partial charge on any atom is 0.182 e. The molecule has 134 valence electrons. The van der Waals surface area contributed by atoms with Crippen LogP contribution >= 0.6 is 12.2 Å². The lowest BCUT2D eigenvalue weighted by Crippen LogP contribution is -2.28. The number of rotatable bonds is 5. The highest BCUT2D eigenvalue weighted by molar-refractivity contribution is 7.80. The smallest absolute Gasteiger partial charge is 0.182 e. The summed E-state index contributed by atoms with van der Waals surface area (Å²) in [5.74, 6) is 2.03. The third kappa shape index (κ3) is 4.15. The molecule has 3 aromatic rings. The number of fused-ring (bicyclic) bond motifs is 1. The average Bonchev–Trinajstić information content (AvgIpc) is 2.63. The lowest BCUT2D eigenvalue weighted by molar-refractivity contribution is 0.412. The van der Waals surface area contributed by atoms with Gasteiger partial charge in [0.2, 0.25) is 0 Å². The predicted octanol–water partition coefficient (Wildman–Crippen LogP) is 3.39. The van der Waals surface area contributed by atoms with Crippen LogP contribution in [0, 0.1) is 6.92 Å². The molecule has 3 rings (SSSR count). The summed E-state index contributed by atoms with van der Waals surface area (Å²) in [6.45, 7) is 4.72. The molecule has 7 nitrogen and oxygen atoms in total. The summed E-state index contributed by atoms with van der Waals surface area (Å²) in [6.07, 6.45) is 1.67. The molecule has 0 amide bonds. The van der Waals surface area contributed by atoms with E-state index < -0.39 is 0 Å². The summed E-state index contributed by atoms with van der Waals surface area (Å²) < 4.78 is 5.35. The number of nitrogens with zero attached hydrogens (tertiary/aromatic N) is 3. The van der Waals surface area contributed by atoms with Gasteiger partial charge in [-0.25, -0.2) is 15.0 Å². The molecule has 0 aliphatic heterocycles. The van der Waals surface area contributed by atoms with E-state index in [-0.39, 0.29) is 0 Å². The van der Waals surface area contributed by atoms with E-state index in [1.165, 1.54) is 0 Å². The number of methoxy groups -OCH3 is 1. The van der Waals surface area contributed by atoms with E-state index in [0.717, 1.165) is 23.5 Å². The maximum absolute atomic E-state index is 5.35. The van der Waals surface area contributed by atoms with E-state index in [4.69, 9.17) is 17.0 Å². The van der Waals surface area contributed by atoms with Crippen LogP contribution in [0.5, 0.6) is 5.75 Å². The van der Waals surface area contributed by atoms with Crippen molar-refractivity contribution in [2.24, 2.45) is 0 Å². The number of aromatic nitrogens is 3. The van der Waals surface area contributed by atoms with E-state index in [1.807, 2.05) is 44.2 Å². The van der Waals surface area contributed by atoms with E-state index in [0.29, 0.717) is 27.9 Å². The van der Waals surface area contributed by atoms with Crippen LogP contribution in [0.3, 0.4) is 0 Å². The number of pyridine rings is 1. The molecular weight excluding hydrogens is 348 g/mol. The van der Waals surface area contributed by atoms with Gasteiger partial charge in [0, 0.05) is 18.3 Å². The van der Waals surface area contributed by atoms with Crippen molar-refractivity contribution >= 4 is 45.8 Å². The van der Waals surface area contributed by atoms with Crippen molar-refractivity contribution in [3.05, 3.63) is 42.1 Å². The van der Waals surface area contributed by atoms with Crippen molar-refractivity contribution in [1.29, 1.82) is 0 Å². The van der Waals surface area contributed by atoms with Crippen LogP contribution < -0.4 is 20.7 Å². The summed E-state index contributed by atoms with van der Waals surface area (Å²) in [5.41, 5.74) is 3.16. The second-order valence-corrected chi connectivity index (χ2v) is 6.00. The minimum Gasteiger partial charge on any atom is -0.496 e. The van der Waals surface area contributed by atoms with Crippen molar-refractivity contribution in [2.75, 3.05) is 24.3 Å². The molecule has 0 radical (unpaired) electrons. The lowest BCUT2D eigenvalue weighted by Gasteiger charge is -2.10. The number of benzene rings is 1. The molecule has 0 aliphatic rings. The molecule has 2 heterocycles. The van der Waals surface area contributed by atoms with Crippen molar-refractivity contribution in [3.63, 3.8) is 0 Å². The summed E-state index contributed by atoms with van der Waals surface area (Å²) in [7, 11) is 1.65. The molecule has 1 aromatic carbocycles. The molecule has 0 unspecified atom stereocenters. The first kappa shape index (κ1) is 17.8. The van der Waals surface area contributed by atoms with Crippen molar-refractivity contribution in [2.45, 2.75) is 13.8 Å². The van der Waals surface area contributed by atoms with E-state index in [2.05, 4.69) is 30.9 Å². The van der Waals surface area contributed by atoms with Crippen LogP contribution in [0.15, 0.2) is 36.5 Å². The van der Waals surface area contributed by atoms with Crippen LogP contribution in [0.4, 0.5) is 17.3 Å². The van der Waals surface area contributed by atoms with Gasteiger partial charge in [0.25, 0.3) is 0 Å². The molecule has 0 aliphatic carbocycles. The molecule has 2 aromatic heterocycles. The van der Waals surface area contributed by atoms with Crippen LogP contribution in [0.2, 0.25) is 0 Å². The Morgan fingerprint density at radius 3 is 2.73 bits per heavy atom. The second-order valence-electron chi connectivity index (χ2n) is 5.59. The normalized spacial score (nSPS) is 10.4. The van der Waals surface area contributed by atoms with Gasteiger partial charge in [-0.05, 0) is 49.8 Å². The lowest BCUT2D eigenvalue weighted by atomic mass is 10.2. The Morgan fingerprint density at radius 2 is 1.96 bits per heavy atom. The highest BCUT2D eigenvalue weighted by Crippen LogP contribution is 2.24. The molecule has 0 atom stereocenters. The zero-order chi connectivity index (χ0) is 18.5. The predicted molar refractivity (Wildman–Crippen MR) is 108 cm³/mol. The Hall–Kier alpha value is -3.00. The first-order valence-electron chi connectivity index (χ1n) is 8.19. The Labute approximate surface area is 157 Å². The zero-order valence-electron chi connectivity index (χ0n) is 14.8. The van der Waals surface area contributed by atoms with Crippen molar-refractivity contribution < 1.29 is 4.74 Å². The summed E-state index contributed by atoms with van der Waals surface area (Å²) in [5, 5.41) is 9.80. The molecule has 3 N–H and O–H groups in total. The fraction of sp³-hybridized carbons (Fsp3) is 0.222. The number of nitrogens with one attached hydrogen (secondary N) is 3. The Kier molecular flexibility index (Phi) is 5.43. The molecule has 26 heavy (non-hydrogen) atoms. The Morgan fingerprint density at radius 1 is 1.15 bits per heavy atom. The minimum absolute atomic E-state index is 0.522. The van der Waals surface area contributed by atoms with Gasteiger partial charge in [0.15, 0.2) is 16.6 Å². The third-order valence-corrected chi connectivity index (χ3v) is 3.91. The van der Waals surface area contributed by atoms with Crippen LogP contribution in [-0.4, -0.2) is 33.7 Å². The highest BCUT2D eigenvalue weighted by atomic mass is 32.1. The average molecular weight is 368 g/mol. The van der Waals surface area contributed by atoms with Crippen LogP contribution in [0.25, 0.3) is 11.2 Å². The van der Waals surface area contributed by atoms with Gasteiger partial charge in [0.05, 0.1) is 13.3 Å². The maximum atomic E-state index is 5.35. The van der Waals surface area contributed by atoms with Gasteiger partial charge in [-0.2, -0.15) is 0 Å². The minimum atomic E-state index is 0.522. The van der Waals surface area contributed by atoms with Gasteiger partial charge < -0.3 is 20.7 Å². The molecule has 0 spiro atoms. The first-order valence-corrected chi connectivity index (χ1v) is 8.60. The van der Waals surface area contributed by atoms with Crippen molar-refractivity contribution in [3.8, 4) is 5.75 Å². The topological polar surface area (TPSA) is 84.0 Å². The molecule has 0 saturated carbocycles. The largest absolute Gasteiger partial charge is 0.496 e. The SMILES string of the molecule is CCNC(=S)Nc1ccc2ncc(Nc3ccc(C)c(OC)c3)nc2n1. The first-order chi connectivity index (χ1) is 12.6. The van der Waals surface area contributed by atoms with Gasteiger partial charge >= 0.3 is 0 Å². The number of ether oxygens (including phenoxy) is 1. The third-order valence-electron chi connectivity index (χ3n) is 3.67. The number of hydrogen-bond acceptors (Lipinski definition) is 6. The second kappa shape index (κ2) is 7.92. The van der Waals surface area contributed by atoms with Crippen LogP contribution in [0.1, 0.15) is 12.5 Å². The number of aryl methyl sites for hydroxylation is 1. The summed E-state index contributed by atoms with van der Waals surface area (Å²) in [4.78, 5) is 13.4. The van der Waals surface area contributed by atoms with Gasteiger partial charge in [-0.15, -0.1) is 0 Å². The fourth-order valence-corrected chi connectivity index (χ4v) is 2.64. The van der Waals surface area contributed by atoms with E-state index in [9.17, 15) is 0 Å². The molecule has 0 fully saturated rings. The molecule has 0 saturated heterocycles. The van der Waals surface area contributed by atoms with Gasteiger partial charge in [0.1, 0.15) is 17.1 Å². The molecular formula is C18H20N6OS. The summed E-state index contributed by atoms with van der Waals surface area (Å²) >= 11 is 5.18. The monoisotopic (exact) mass is 368 g/mol. The van der Waals surface area contributed by atoms with Crippen molar-refractivity contribution in [1.82, 2.24) is 20.3 Å². The summed E-state index contributed by atoms with van der Waals surface area (Å²) in [6, 6.07) is 9.53. The number of hydrogen-bond donors (Lipinski definition) is 3. The van der Waals surface area contributed by atoms with E-state index >= 15 is 0 Å². The van der Waals surface area contributed by atoms with Gasteiger partial charge in [-0.1, -0.05) is 6.07 Å². The van der Waals surface area contributed by atoms with Crippen LogP contribution in [-0.2, 0) is 0 Å². The molecule has 0 bridgehead atoms. The van der Waals surface area contributed by atoms with E-state index in [1.54, 1.807) is 13.3 Å². The highest BCUT2D eigenvalue weighted by Gasteiger charge is 2.06. The molecule has 8 heteroatoms. The standard InChI is InChI=1S/C18H20N6OS/c1-4-19-18(26)24-15-8-7-13-17(22-15)23-16(10-20-13)21-12-6-5-11(2)14(9-12)25-3/h5-10H,4H2,1-3H3,(H3,19,21,22,23,24,26). The fourth-order valence-electron chi connectivity index (χ4n) is 2.39. The quantitative estimate of drug-likeness (QED) is 0.591.